The molecular formula is C11H10Cl2N4. The summed E-state index contributed by atoms with van der Waals surface area (Å²) in [6, 6.07) is 0.275. The highest BCUT2D eigenvalue weighted by molar-refractivity contribution is 6.35. The Morgan fingerprint density at radius 1 is 1.29 bits per heavy atom. The molecule has 0 bridgehead atoms. The second-order valence-electron chi connectivity index (χ2n) is 4.27. The molecule has 88 valence electrons. The molecule has 17 heavy (non-hydrogen) atoms. The van der Waals surface area contributed by atoms with Gasteiger partial charge in [-0.1, -0.05) is 30.7 Å². The predicted molar refractivity (Wildman–Crippen MR) is 67.3 cm³/mol. The molecule has 0 fully saturated rings. The summed E-state index contributed by atoms with van der Waals surface area (Å²) in [4.78, 5) is 12.3. The number of hydrogen-bond donors (Lipinski definition) is 0. The maximum Gasteiger partial charge on any atom is 0.225 e. The normalized spacial score (nSPS) is 23.7. The first-order chi connectivity index (χ1) is 8.15. The molecule has 2 heterocycles. The van der Waals surface area contributed by atoms with Crippen LogP contribution in [-0.4, -0.2) is 19.5 Å². The SMILES string of the molecule is C[C@@H]1C=C[C@H](n2cnc3c(Cl)nc(Cl)nc32)C1. The molecule has 0 aromatic carbocycles. The van der Waals surface area contributed by atoms with Gasteiger partial charge in [0.1, 0.15) is 5.52 Å². The molecule has 6 heteroatoms. The quantitative estimate of drug-likeness (QED) is 0.453. The Bertz CT molecular complexity index is 605. The second kappa shape index (κ2) is 3.96. The largest absolute Gasteiger partial charge is 0.308 e. The Morgan fingerprint density at radius 2 is 2.12 bits per heavy atom. The van der Waals surface area contributed by atoms with Crippen molar-refractivity contribution >= 4 is 34.4 Å². The van der Waals surface area contributed by atoms with Crippen molar-refractivity contribution in [1.29, 1.82) is 0 Å². The Hall–Kier alpha value is -1.13. The van der Waals surface area contributed by atoms with Crippen LogP contribution < -0.4 is 0 Å². The molecule has 4 nitrogen and oxygen atoms in total. The van der Waals surface area contributed by atoms with Gasteiger partial charge in [-0.3, -0.25) is 0 Å². The average Bonchev–Trinajstić information content (AvgIpc) is 2.83. The summed E-state index contributed by atoms with van der Waals surface area (Å²) < 4.78 is 1.99. The van der Waals surface area contributed by atoms with Crippen LogP contribution in [0.4, 0.5) is 0 Å². The van der Waals surface area contributed by atoms with Gasteiger partial charge in [0.25, 0.3) is 0 Å². The number of nitrogens with zero attached hydrogens (tertiary/aromatic N) is 4. The fourth-order valence-electron chi connectivity index (χ4n) is 2.16. The first kappa shape index (κ1) is 11.0. The number of hydrogen-bond acceptors (Lipinski definition) is 3. The Balaban J connectivity index is 2.15. The van der Waals surface area contributed by atoms with Gasteiger partial charge in [-0.05, 0) is 23.9 Å². The maximum atomic E-state index is 5.98. The summed E-state index contributed by atoms with van der Waals surface area (Å²) in [7, 11) is 0. The Morgan fingerprint density at radius 3 is 2.82 bits per heavy atom. The maximum absolute atomic E-state index is 5.98. The molecular weight excluding hydrogens is 259 g/mol. The highest BCUT2D eigenvalue weighted by Crippen LogP contribution is 2.31. The van der Waals surface area contributed by atoms with Crippen molar-refractivity contribution in [2.45, 2.75) is 19.4 Å². The van der Waals surface area contributed by atoms with Crippen LogP contribution in [0.3, 0.4) is 0 Å². The lowest BCUT2D eigenvalue weighted by atomic mass is 10.1. The van der Waals surface area contributed by atoms with E-state index in [1.165, 1.54) is 0 Å². The van der Waals surface area contributed by atoms with Gasteiger partial charge in [0.05, 0.1) is 12.4 Å². The fourth-order valence-corrected chi connectivity index (χ4v) is 2.58. The monoisotopic (exact) mass is 268 g/mol. The lowest BCUT2D eigenvalue weighted by Crippen LogP contribution is -2.05. The summed E-state index contributed by atoms with van der Waals surface area (Å²) in [6.45, 7) is 2.19. The predicted octanol–water partition coefficient (Wildman–Crippen LogP) is 3.27. The van der Waals surface area contributed by atoms with Crippen LogP contribution in [0.5, 0.6) is 0 Å². The third-order valence-corrected chi connectivity index (χ3v) is 3.42. The zero-order valence-corrected chi connectivity index (χ0v) is 10.7. The second-order valence-corrected chi connectivity index (χ2v) is 4.97. The van der Waals surface area contributed by atoms with Crippen LogP contribution >= 0.6 is 23.2 Å². The molecule has 0 saturated heterocycles. The minimum absolute atomic E-state index is 0.152. The average molecular weight is 269 g/mol. The molecule has 3 rings (SSSR count). The van der Waals surface area contributed by atoms with Gasteiger partial charge in [-0.15, -0.1) is 0 Å². The molecule has 0 radical (unpaired) electrons. The molecule has 1 aliphatic carbocycles. The summed E-state index contributed by atoms with van der Waals surface area (Å²) in [5.41, 5.74) is 1.29. The molecule has 1 aliphatic rings. The van der Waals surface area contributed by atoms with Gasteiger partial charge in [0, 0.05) is 0 Å². The van der Waals surface area contributed by atoms with Gasteiger partial charge in [-0.2, -0.15) is 4.98 Å². The van der Waals surface area contributed by atoms with E-state index < -0.39 is 0 Å². The third-order valence-electron chi connectivity index (χ3n) is 2.98. The molecule has 2 aromatic heterocycles. The third kappa shape index (κ3) is 1.81. The van der Waals surface area contributed by atoms with Crippen LogP contribution in [0.2, 0.25) is 10.4 Å². The zero-order valence-electron chi connectivity index (χ0n) is 9.14. The van der Waals surface area contributed by atoms with E-state index in [-0.39, 0.29) is 11.3 Å². The molecule has 0 aliphatic heterocycles. The van der Waals surface area contributed by atoms with Crippen molar-refractivity contribution < 1.29 is 0 Å². The number of rotatable bonds is 1. The molecule has 0 N–H and O–H groups in total. The minimum Gasteiger partial charge on any atom is -0.308 e. The summed E-state index contributed by atoms with van der Waals surface area (Å²) in [5, 5.41) is 0.452. The molecule has 2 aromatic rings. The van der Waals surface area contributed by atoms with Gasteiger partial charge in [-0.25, -0.2) is 9.97 Å². The number of halogens is 2. The van der Waals surface area contributed by atoms with E-state index in [1.807, 2.05) is 4.57 Å². The zero-order chi connectivity index (χ0) is 12.0. The van der Waals surface area contributed by atoms with Crippen LogP contribution in [-0.2, 0) is 0 Å². The highest BCUT2D eigenvalue weighted by Gasteiger charge is 2.20. The molecule has 0 spiro atoms. The Labute approximate surface area is 108 Å². The van der Waals surface area contributed by atoms with Crippen LogP contribution in [0.1, 0.15) is 19.4 Å². The van der Waals surface area contributed by atoms with Crippen LogP contribution in [0, 0.1) is 5.92 Å². The van der Waals surface area contributed by atoms with Gasteiger partial charge in [0.2, 0.25) is 5.28 Å². The molecule has 0 saturated carbocycles. The van der Waals surface area contributed by atoms with Crippen LogP contribution in [0.15, 0.2) is 18.5 Å². The lowest BCUT2D eigenvalue weighted by Gasteiger charge is -2.11. The number of imidazole rings is 1. The topological polar surface area (TPSA) is 43.6 Å². The fraction of sp³-hybridized carbons (Fsp3) is 0.364. The van der Waals surface area contributed by atoms with Crippen molar-refractivity contribution in [2.75, 3.05) is 0 Å². The standard InChI is InChI=1S/C11H10Cl2N4/c1-6-2-3-7(4-6)17-5-14-8-9(12)15-11(13)16-10(8)17/h2-3,5-7H,4H2,1H3/t6-,7+/m1/s1. The van der Waals surface area contributed by atoms with Gasteiger partial charge < -0.3 is 4.57 Å². The van der Waals surface area contributed by atoms with E-state index in [4.69, 9.17) is 23.2 Å². The van der Waals surface area contributed by atoms with Crippen molar-refractivity contribution in [2.24, 2.45) is 5.92 Å². The van der Waals surface area contributed by atoms with Crippen molar-refractivity contribution in [1.82, 2.24) is 19.5 Å². The van der Waals surface area contributed by atoms with E-state index >= 15 is 0 Å². The Kier molecular flexibility index (Phi) is 2.56. The number of aromatic nitrogens is 4. The lowest BCUT2D eigenvalue weighted by molar-refractivity contribution is 0.536. The summed E-state index contributed by atoms with van der Waals surface area (Å²) in [6.07, 6.45) is 7.15. The van der Waals surface area contributed by atoms with E-state index in [2.05, 4.69) is 34.0 Å². The number of fused-ring (bicyclic) bond motifs is 1. The van der Waals surface area contributed by atoms with Crippen molar-refractivity contribution in [3.05, 3.63) is 28.9 Å². The van der Waals surface area contributed by atoms with E-state index in [0.29, 0.717) is 22.2 Å². The highest BCUT2D eigenvalue weighted by atomic mass is 35.5. The van der Waals surface area contributed by atoms with E-state index in [9.17, 15) is 0 Å². The first-order valence-corrected chi connectivity index (χ1v) is 6.14. The minimum atomic E-state index is 0.152. The smallest absolute Gasteiger partial charge is 0.225 e. The first-order valence-electron chi connectivity index (χ1n) is 5.39. The number of allylic oxidation sites excluding steroid dienone is 2. The molecule has 0 unspecified atom stereocenters. The van der Waals surface area contributed by atoms with Gasteiger partial charge in [0.15, 0.2) is 10.8 Å². The summed E-state index contributed by atoms with van der Waals surface area (Å²) >= 11 is 11.8. The molecule has 0 amide bonds. The van der Waals surface area contributed by atoms with Crippen LogP contribution in [0.25, 0.3) is 11.2 Å². The molecule has 2 atom stereocenters. The van der Waals surface area contributed by atoms with E-state index in [0.717, 1.165) is 6.42 Å². The van der Waals surface area contributed by atoms with Crippen molar-refractivity contribution in [3.8, 4) is 0 Å². The van der Waals surface area contributed by atoms with E-state index in [1.54, 1.807) is 6.33 Å². The van der Waals surface area contributed by atoms with Gasteiger partial charge >= 0.3 is 0 Å². The summed E-state index contributed by atoms with van der Waals surface area (Å²) in [5.74, 6) is 0.574. The van der Waals surface area contributed by atoms with Crippen molar-refractivity contribution in [3.63, 3.8) is 0 Å².